The number of rotatable bonds is 3. The topological polar surface area (TPSA) is 69.0 Å². The van der Waals surface area contributed by atoms with Gasteiger partial charge >= 0.3 is 0 Å². The number of ether oxygens (including phenoxy) is 1. The fourth-order valence-corrected chi connectivity index (χ4v) is 4.08. The Kier molecular flexibility index (Phi) is 3.67. The van der Waals surface area contributed by atoms with Gasteiger partial charge in [0.25, 0.3) is 5.91 Å². The molecule has 3 atom stereocenters. The van der Waals surface area contributed by atoms with E-state index in [-0.39, 0.29) is 29.4 Å². The fourth-order valence-electron chi connectivity index (χ4n) is 4.08. The van der Waals surface area contributed by atoms with Crippen LogP contribution >= 0.6 is 0 Å². The third kappa shape index (κ3) is 2.32. The molecule has 23 heavy (non-hydrogen) atoms. The van der Waals surface area contributed by atoms with Crippen LogP contribution in [0, 0.1) is 18.3 Å². The molecule has 1 N–H and O–H groups in total. The summed E-state index contributed by atoms with van der Waals surface area (Å²) in [5.41, 5.74) is 2.15. The quantitative estimate of drug-likeness (QED) is 0.941. The first-order valence-electron chi connectivity index (χ1n) is 7.90. The van der Waals surface area contributed by atoms with E-state index >= 15 is 0 Å². The van der Waals surface area contributed by atoms with E-state index in [1.165, 1.54) is 0 Å². The number of aryl methyl sites for hydroxylation is 2. The molecule has 3 rings (SSSR count). The summed E-state index contributed by atoms with van der Waals surface area (Å²) in [5, 5.41) is 8.40. The number of nitrogens with one attached hydrogen (secondary N) is 1. The van der Waals surface area contributed by atoms with Gasteiger partial charge in [0, 0.05) is 43.1 Å². The lowest BCUT2D eigenvalue weighted by molar-refractivity contribution is -0.141. The molecule has 0 aromatic carbocycles. The first-order chi connectivity index (χ1) is 10.8. The van der Waals surface area contributed by atoms with E-state index in [2.05, 4.69) is 36.2 Å². The van der Waals surface area contributed by atoms with E-state index in [1.807, 2.05) is 20.0 Å². The molecular formula is C17H24N4O2. The second-order valence-corrected chi connectivity index (χ2v) is 7.09. The number of nitrogens with zero attached hydrogens (tertiary/aromatic N) is 3. The van der Waals surface area contributed by atoms with Gasteiger partial charge in [0.2, 0.25) is 0 Å². The second kappa shape index (κ2) is 5.30. The zero-order chi connectivity index (χ0) is 16.9. The minimum atomic E-state index is -0.0952. The molecule has 1 aliphatic carbocycles. The number of amides is 1. The molecule has 1 aliphatic rings. The SMILES string of the molecule is CO[C@@H]1[C@H](C)[C@@H](NC(=O)c2cnc3c(c2)c(C)nn3C)C1(C)C. The normalized spacial score (nSPS) is 26.1. The molecule has 0 aliphatic heterocycles. The Hall–Kier alpha value is -1.95. The number of fused-ring (bicyclic) bond motifs is 1. The summed E-state index contributed by atoms with van der Waals surface area (Å²) in [4.78, 5) is 17.0. The van der Waals surface area contributed by atoms with Crippen LogP contribution in [-0.2, 0) is 11.8 Å². The van der Waals surface area contributed by atoms with E-state index in [0.717, 1.165) is 16.7 Å². The highest BCUT2D eigenvalue weighted by Crippen LogP contribution is 2.46. The van der Waals surface area contributed by atoms with E-state index in [0.29, 0.717) is 5.56 Å². The maximum absolute atomic E-state index is 12.6. The fraction of sp³-hybridized carbons (Fsp3) is 0.588. The Labute approximate surface area is 136 Å². The highest BCUT2D eigenvalue weighted by molar-refractivity contribution is 5.97. The standard InChI is InChI=1S/C17H24N4O2/c1-9-13(17(3,4)14(9)23-6)19-16(22)11-7-12-10(2)20-21(5)15(12)18-8-11/h7-9,13-14H,1-6H3,(H,19,22)/t9-,13-,14-/m1/s1. The van der Waals surface area contributed by atoms with Crippen molar-refractivity contribution < 1.29 is 9.53 Å². The monoisotopic (exact) mass is 316 g/mol. The molecule has 0 radical (unpaired) electrons. The van der Waals surface area contributed by atoms with Gasteiger partial charge in [-0.3, -0.25) is 9.48 Å². The third-order valence-electron chi connectivity index (χ3n) is 5.20. The van der Waals surface area contributed by atoms with Crippen molar-refractivity contribution in [3.63, 3.8) is 0 Å². The molecule has 1 amide bonds. The number of aromatic nitrogens is 3. The Morgan fingerprint density at radius 2 is 2.13 bits per heavy atom. The largest absolute Gasteiger partial charge is 0.380 e. The molecule has 2 aromatic rings. The second-order valence-electron chi connectivity index (χ2n) is 7.09. The molecule has 2 heterocycles. The molecule has 0 saturated heterocycles. The zero-order valence-corrected chi connectivity index (χ0v) is 14.5. The average Bonchev–Trinajstić information content (AvgIpc) is 2.79. The average molecular weight is 316 g/mol. The van der Waals surface area contributed by atoms with Crippen molar-refractivity contribution in [1.82, 2.24) is 20.1 Å². The van der Waals surface area contributed by atoms with Crippen LogP contribution in [0.3, 0.4) is 0 Å². The zero-order valence-electron chi connectivity index (χ0n) is 14.5. The van der Waals surface area contributed by atoms with Gasteiger partial charge in [-0.2, -0.15) is 5.10 Å². The van der Waals surface area contributed by atoms with Gasteiger partial charge in [-0.05, 0) is 13.0 Å². The third-order valence-corrected chi connectivity index (χ3v) is 5.20. The van der Waals surface area contributed by atoms with E-state index in [9.17, 15) is 4.79 Å². The smallest absolute Gasteiger partial charge is 0.253 e. The molecule has 1 fully saturated rings. The summed E-state index contributed by atoms with van der Waals surface area (Å²) < 4.78 is 7.26. The van der Waals surface area contributed by atoms with Crippen LogP contribution in [0.4, 0.5) is 0 Å². The van der Waals surface area contributed by atoms with E-state index in [4.69, 9.17) is 4.74 Å². The highest BCUT2D eigenvalue weighted by Gasteiger charge is 2.55. The summed E-state index contributed by atoms with van der Waals surface area (Å²) >= 11 is 0. The van der Waals surface area contributed by atoms with Crippen molar-refractivity contribution in [2.75, 3.05) is 7.11 Å². The van der Waals surface area contributed by atoms with Gasteiger partial charge in [-0.25, -0.2) is 4.98 Å². The van der Waals surface area contributed by atoms with Gasteiger partial charge in [-0.1, -0.05) is 20.8 Å². The van der Waals surface area contributed by atoms with Crippen LogP contribution in [0.2, 0.25) is 0 Å². The summed E-state index contributed by atoms with van der Waals surface area (Å²) in [6.07, 6.45) is 1.78. The molecule has 1 saturated carbocycles. The lowest BCUT2D eigenvalue weighted by Gasteiger charge is -2.56. The van der Waals surface area contributed by atoms with Crippen molar-refractivity contribution in [2.45, 2.75) is 39.8 Å². The molecular weight excluding hydrogens is 292 g/mol. The van der Waals surface area contributed by atoms with E-state index in [1.54, 1.807) is 18.0 Å². The maximum Gasteiger partial charge on any atom is 0.253 e. The number of carbonyl (C=O) groups is 1. The summed E-state index contributed by atoms with van der Waals surface area (Å²) in [6, 6.07) is 1.95. The maximum atomic E-state index is 12.6. The predicted octanol–water partition coefficient (Wildman–Crippen LogP) is 2.07. The minimum Gasteiger partial charge on any atom is -0.380 e. The van der Waals surface area contributed by atoms with Crippen LogP contribution in [0.25, 0.3) is 11.0 Å². The predicted molar refractivity (Wildman–Crippen MR) is 88.2 cm³/mol. The summed E-state index contributed by atoms with van der Waals surface area (Å²) in [5.74, 6) is 0.192. The molecule has 2 aromatic heterocycles. The molecule has 124 valence electrons. The van der Waals surface area contributed by atoms with Gasteiger partial charge in [0.05, 0.1) is 17.4 Å². The van der Waals surface area contributed by atoms with Crippen LogP contribution in [-0.4, -0.2) is 39.9 Å². The van der Waals surface area contributed by atoms with Crippen LogP contribution in [0.1, 0.15) is 36.8 Å². The molecule has 0 unspecified atom stereocenters. The number of carbonyl (C=O) groups excluding carboxylic acids is 1. The molecule has 0 spiro atoms. The number of pyridine rings is 1. The number of hydrogen-bond donors (Lipinski definition) is 1. The lowest BCUT2D eigenvalue weighted by Crippen LogP contribution is -2.67. The summed E-state index contributed by atoms with van der Waals surface area (Å²) in [6.45, 7) is 8.28. The van der Waals surface area contributed by atoms with Gasteiger partial charge < -0.3 is 10.1 Å². The number of methoxy groups -OCH3 is 1. The van der Waals surface area contributed by atoms with Crippen molar-refractivity contribution >= 4 is 16.9 Å². The van der Waals surface area contributed by atoms with E-state index < -0.39 is 0 Å². The Balaban J connectivity index is 1.83. The lowest BCUT2D eigenvalue weighted by atomic mass is 9.58. The first-order valence-corrected chi connectivity index (χ1v) is 7.90. The Morgan fingerprint density at radius 1 is 1.43 bits per heavy atom. The van der Waals surface area contributed by atoms with Crippen molar-refractivity contribution in [1.29, 1.82) is 0 Å². The molecule has 6 nitrogen and oxygen atoms in total. The minimum absolute atomic E-state index is 0.0778. The molecule has 0 bridgehead atoms. The van der Waals surface area contributed by atoms with Crippen LogP contribution < -0.4 is 5.32 Å². The van der Waals surface area contributed by atoms with Gasteiger partial charge in [0.15, 0.2) is 5.65 Å². The van der Waals surface area contributed by atoms with Crippen molar-refractivity contribution in [3.8, 4) is 0 Å². The van der Waals surface area contributed by atoms with Crippen molar-refractivity contribution in [2.24, 2.45) is 18.4 Å². The van der Waals surface area contributed by atoms with Crippen molar-refractivity contribution in [3.05, 3.63) is 23.5 Å². The summed E-state index contributed by atoms with van der Waals surface area (Å²) in [7, 11) is 3.58. The Morgan fingerprint density at radius 3 is 2.74 bits per heavy atom. The van der Waals surface area contributed by atoms with Gasteiger partial charge in [-0.15, -0.1) is 0 Å². The Bertz CT molecular complexity index is 765. The van der Waals surface area contributed by atoms with Gasteiger partial charge in [0.1, 0.15) is 0 Å². The number of hydrogen-bond acceptors (Lipinski definition) is 4. The van der Waals surface area contributed by atoms with Crippen LogP contribution in [0.15, 0.2) is 12.3 Å². The van der Waals surface area contributed by atoms with Crippen LogP contribution in [0.5, 0.6) is 0 Å². The first kappa shape index (κ1) is 15.9. The molecule has 6 heteroatoms. The highest BCUT2D eigenvalue weighted by atomic mass is 16.5.